The third-order valence-electron chi connectivity index (χ3n) is 8.19. The summed E-state index contributed by atoms with van der Waals surface area (Å²) in [6.07, 6.45) is 6.47. The van der Waals surface area contributed by atoms with Crippen molar-refractivity contribution < 1.29 is 18.4 Å². The summed E-state index contributed by atoms with van der Waals surface area (Å²) in [4.78, 5) is 12.6. The number of hydrogen-bond donors (Lipinski definition) is 0. The molecule has 0 radical (unpaired) electrons. The molecule has 1 heterocycles. The van der Waals surface area contributed by atoms with Gasteiger partial charge in [0.25, 0.3) is 0 Å². The lowest BCUT2D eigenvalue weighted by atomic mass is 9.96. The summed E-state index contributed by atoms with van der Waals surface area (Å²) in [5.74, 6) is 6.82. The zero-order valence-corrected chi connectivity index (χ0v) is 26.0. The van der Waals surface area contributed by atoms with Crippen LogP contribution in [0.25, 0.3) is 0 Å². The van der Waals surface area contributed by atoms with Crippen molar-refractivity contribution in [3.63, 3.8) is 0 Å². The predicted octanol–water partition coefficient (Wildman–Crippen LogP) is 7.86. The Balaban J connectivity index is 3.35. The van der Waals surface area contributed by atoms with Crippen LogP contribution in [0.1, 0.15) is 88.0 Å². The lowest BCUT2D eigenvalue weighted by Crippen LogP contribution is -2.46. The van der Waals surface area contributed by atoms with Crippen LogP contribution in [-0.2, 0) is 18.4 Å². The minimum absolute atomic E-state index is 0.121. The number of esters is 1. The molecule has 0 saturated heterocycles. The maximum atomic E-state index is 12.6. The summed E-state index contributed by atoms with van der Waals surface area (Å²) in [5.41, 5.74) is -0.553. The molecule has 0 amide bonds. The fourth-order valence-corrected chi connectivity index (χ4v) is 8.38. The van der Waals surface area contributed by atoms with E-state index < -0.39 is 22.2 Å². The number of rotatable bonds is 7. The van der Waals surface area contributed by atoms with Crippen LogP contribution in [0.4, 0.5) is 0 Å². The van der Waals surface area contributed by atoms with E-state index in [0.717, 1.165) is 43.8 Å². The molecule has 0 spiro atoms. The van der Waals surface area contributed by atoms with Gasteiger partial charge in [0, 0.05) is 12.5 Å². The lowest BCUT2D eigenvalue weighted by molar-refractivity contribution is -0.144. The van der Waals surface area contributed by atoms with Crippen molar-refractivity contribution in [1.82, 2.24) is 0 Å². The van der Waals surface area contributed by atoms with Crippen LogP contribution in [-0.4, -0.2) is 40.4 Å². The van der Waals surface area contributed by atoms with Crippen LogP contribution in [0.3, 0.4) is 0 Å². The van der Waals surface area contributed by atoms with Gasteiger partial charge >= 0.3 is 5.97 Å². The van der Waals surface area contributed by atoms with Crippen LogP contribution in [0.15, 0.2) is 12.2 Å². The van der Waals surface area contributed by atoms with Crippen molar-refractivity contribution in [2.24, 2.45) is 5.92 Å². The summed E-state index contributed by atoms with van der Waals surface area (Å²) < 4.78 is 19.4. The van der Waals surface area contributed by atoms with Crippen molar-refractivity contribution in [2.75, 3.05) is 0 Å². The number of hydrogen-bond acceptors (Lipinski definition) is 4. The van der Waals surface area contributed by atoms with Gasteiger partial charge < -0.3 is 13.6 Å². The van der Waals surface area contributed by atoms with E-state index in [4.69, 9.17) is 13.6 Å². The van der Waals surface area contributed by atoms with Gasteiger partial charge in [0.05, 0.1) is 5.60 Å². The molecule has 1 rings (SSSR count). The van der Waals surface area contributed by atoms with Crippen LogP contribution in [0, 0.1) is 17.8 Å². The van der Waals surface area contributed by atoms with Crippen molar-refractivity contribution in [3.8, 4) is 11.8 Å². The van der Waals surface area contributed by atoms with Crippen molar-refractivity contribution in [3.05, 3.63) is 12.2 Å². The first-order valence-electron chi connectivity index (χ1n) is 13.4. The van der Waals surface area contributed by atoms with E-state index in [9.17, 15) is 4.79 Å². The maximum Gasteiger partial charge on any atom is 0.330 e. The van der Waals surface area contributed by atoms with Gasteiger partial charge in [-0.05, 0) is 81.4 Å². The maximum absolute atomic E-state index is 12.6. The van der Waals surface area contributed by atoms with E-state index in [1.807, 2.05) is 13.0 Å². The molecule has 0 aromatic heterocycles. The Morgan fingerprint density at radius 2 is 1.71 bits per heavy atom. The second-order valence-corrected chi connectivity index (χ2v) is 21.3. The molecule has 0 fully saturated rings. The Bertz CT molecular complexity index is 731. The third-order valence-corrected chi connectivity index (χ3v) is 17.4. The van der Waals surface area contributed by atoms with E-state index in [1.54, 1.807) is 6.08 Å². The van der Waals surface area contributed by atoms with Crippen molar-refractivity contribution in [2.45, 2.75) is 142 Å². The highest BCUT2D eigenvalue weighted by Gasteiger charge is 2.40. The summed E-state index contributed by atoms with van der Waals surface area (Å²) in [6.45, 7) is 24.3. The molecule has 196 valence electrons. The van der Waals surface area contributed by atoms with Gasteiger partial charge in [-0.1, -0.05) is 54.4 Å². The van der Waals surface area contributed by atoms with Crippen LogP contribution >= 0.6 is 0 Å². The summed E-state index contributed by atoms with van der Waals surface area (Å²) in [6, 6.07) is 3.18. The molecule has 0 unspecified atom stereocenters. The zero-order chi connectivity index (χ0) is 26.2. The third kappa shape index (κ3) is 9.29. The smallest absolute Gasteiger partial charge is 0.330 e. The Kier molecular flexibility index (Phi) is 11.8. The molecular formula is C28H52O4Si2. The standard InChI is InChI=1S/C28H52O4Si2/c1-12-34(13-2,14-3)32-28(9)21-19-25(31-33(10,11)27(6,7)8)18-16-15-17-23(4)24(5)30-26(29)20-22-28/h20,22-25H,12-15,17,19,21H2,1-11H3/b22-20+/t23-,24+,25+,28+/m0/s1. The number of carbonyl (C=O) groups excluding carboxylic acids is 1. The normalized spacial score (nSPS) is 28.9. The topological polar surface area (TPSA) is 44.8 Å². The van der Waals surface area contributed by atoms with Crippen LogP contribution < -0.4 is 0 Å². The first-order chi connectivity index (χ1) is 15.6. The Labute approximate surface area is 212 Å². The molecule has 34 heavy (non-hydrogen) atoms. The highest BCUT2D eigenvalue weighted by atomic mass is 28.4. The molecule has 1 aliphatic heterocycles. The molecule has 0 aliphatic carbocycles. The van der Waals surface area contributed by atoms with E-state index in [2.05, 4.69) is 80.3 Å². The molecule has 6 heteroatoms. The lowest BCUT2D eigenvalue weighted by Gasteiger charge is -2.41. The fourth-order valence-electron chi connectivity index (χ4n) is 4.04. The molecule has 0 saturated carbocycles. The van der Waals surface area contributed by atoms with Gasteiger partial charge in [-0.2, -0.15) is 0 Å². The summed E-state index contributed by atoms with van der Waals surface area (Å²) >= 11 is 0. The van der Waals surface area contributed by atoms with Gasteiger partial charge in [-0.3, -0.25) is 0 Å². The van der Waals surface area contributed by atoms with E-state index in [1.165, 1.54) is 0 Å². The molecular weight excluding hydrogens is 456 g/mol. The minimum Gasteiger partial charge on any atom is -0.459 e. The first-order valence-corrected chi connectivity index (χ1v) is 18.8. The van der Waals surface area contributed by atoms with Gasteiger partial charge in [0.2, 0.25) is 0 Å². The number of carbonyl (C=O) groups is 1. The number of cyclic esters (lactones) is 1. The van der Waals surface area contributed by atoms with Crippen molar-refractivity contribution in [1.29, 1.82) is 0 Å². The van der Waals surface area contributed by atoms with Crippen LogP contribution in [0.5, 0.6) is 0 Å². The SMILES string of the molecule is CC[Si](CC)(CC)O[C@@]1(C)/C=C/C(=O)O[C@H](C)[C@@H](C)CCC#C[C@@H](O[Si](C)(C)C(C)(C)C)CC1. The monoisotopic (exact) mass is 508 g/mol. The van der Waals surface area contributed by atoms with E-state index in [0.29, 0.717) is 0 Å². The molecule has 0 aromatic rings. The Morgan fingerprint density at radius 3 is 2.24 bits per heavy atom. The molecule has 4 atom stereocenters. The Hall–Kier alpha value is -0.876. The zero-order valence-electron chi connectivity index (χ0n) is 24.0. The largest absolute Gasteiger partial charge is 0.459 e. The Morgan fingerprint density at radius 1 is 1.12 bits per heavy atom. The van der Waals surface area contributed by atoms with E-state index >= 15 is 0 Å². The van der Waals surface area contributed by atoms with Gasteiger partial charge in [0.1, 0.15) is 12.2 Å². The van der Waals surface area contributed by atoms with Gasteiger partial charge in [-0.15, -0.1) is 5.92 Å². The van der Waals surface area contributed by atoms with Crippen molar-refractivity contribution >= 4 is 22.6 Å². The van der Waals surface area contributed by atoms with Gasteiger partial charge in [-0.25, -0.2) is 4.79 Å². The molecule has 1 aliphatic rings. The quantitative estimate of drug-likeness (QED) is 0.199. The second kappa shape index (κ2) is 12.9. The molecule has 4 nitrogen and oxygen atoms in total. The molecule has 0 bridgehead atoms. The second-order valence-electron chi connectivity index (χ2n) is 11.9. The average Bonchev–Trinajstić information content (AvgIpc) is 2.76. The van der Waals surface area contributed by atoms with E-state index in [-0.39, 0.29) is 29.1 Å². The highest BCUT2D eigenvalue weighted by Crippen LogP contribution is 2.38. The number of ether oxygens (including phenoxy) is 1. The van der Waals surface area contributed by atoms with Gasteiger partial charge in [0.15, 0.2) is 16.6 Å². The minimum atomic E-state index is -1.98. The summed E-state index contributed by atoms with van der Waals surface area (Å²) in [7, 11) is -3.88. The first kappa shape index (κ1) is 31.2. The average molecular weight is 509 g/mol. The fraction of sp³-hybridized carbons (Fsp3) is 0.821. The predicted molar refractivity (Wildman–Crippen MR) is 149 cm³/mol. The van der Waals surface area contributed by atoms with Crippen LogP contribution in [0.2, 0.25) is 36.3 Å². The molecule has 0 N–H and O–H groups in total. The molecule has 0 aromatic carbocycles. The summed E-state index contributed by atoms with van der Waals surface area (Å²) in [5, 5.41) is 0.121. The highest BCUT2D eigenvalue weighted by molar-refractivity contribution is 6.74.